The normalized spacial score (nSPS) is 15.8. The van der Waals surface area contributed by atoms with Crippen molar-refractivity contribution < 1.29 is 9.53 Å². The van der Waals surface area contributed by atoms with Gasteiger partial charge in [0.2, 0.25) is 5.91 Å². The van der Waals surface area contributed by atoms with E-state index in [0.29, 0.717) is 19.6 Å². The van der Waals surface area contributed by atoms with Crippen LogP contribution in [0.2, 0.25) is 0 Å². The van der Waals surface area contributed by atoms with Gasteiger partial charge in [0.15, 0.2) is 0 Å². The van der Waals surface area contributed by atoms with E-state index in [4.69, 9.17) is 9.72 Å². The number of benzene rings is 1. The maximum atomic E-state index is 12.5. The Morgan fingerprint density at radius 3 is 2.78 bits per heavy atom. The molecule has 0 atom stereocenters. The zero-order valence-electron chi connectivity index (χ0n) is 20.9. The number of ether oxygens (including phenoxy) is 1. The number of aromatic nitrogens is 2. The van der Waals surface area contributed by atoms with Crippen LogP contribution >= 0.6 is 0 Å². The van der Waals surface area contributed by atoms with Gasteiger partial charge in [-0.1, -0.05) is 12.1 Å². The first-order chi connectivity index (χ1) is 17.7. The molecule has 0 bridgehead atoms. The molecule has 1 amide bonds. The number of carbonyl (C=O) groups is 1. The Labute approximate surface area is 212 Å². The molecular formula is C28H34N6O2. The first-order valence-corrected chi connectivity index (χ1v) is 12.7. The Hall–Kier alpha value is -3.49. The van der Waals surface area contributed by atoms with Crippen LogP contribution in [0.1, 0.15) is 24.0 Å². The summed E-state index contributed by atoms with van der Waals surface area (Å²) in [6.07, 6.45) is 7.67. The van der Waals surface area contributed by atoms with E-state index in [1.54, 1.807) is 12.4 Å². The van der Waals surface area contributed by atoms with Crippen LogP contribution in [-0.4, -0.2) is 72.1 Å². The average molecular weight is 487 g/mol. The maximum absolute atomic E-state index is 12.5. The fraction of sp³-hybridized carbons (Fsp3) is 0.393. The van der Waals surface area contributed by atoms with Crippen molar-refractivity contribution in [1.29, 1.82) is 0 Å². The summed E-state index contributed by atoms with van der Waals surface area (Å²) in [5.74, 6) is 1.81. The monoisotopic (exact) mass is 486 g/mol. The molecule has 0 unspecified atom stereocenters. The van der Waals surface area contributed by atoms with Gasteiger partial charge in [-0.2, -0.15) is 0 Å². The van der Waals surface area contributed by atoms with Crippen LogP contribution in [0.5, 0.6) is 5.75 Å². The van der Waals surface area contributed by atoms with Gasteiger partial charge >= 0.3 is 0 Å². The number of fused-ring (bicyclic) bond motifs is 1. The summed E-state index contributed by atoms with van der Waals surface area (Å²) in [6, 6.07) is 11.9. The molecule has 8 heteroatoms. The van der Waals surface area contributed by atoms with E-state index >= 15 is 0 Å². The Bertz CT molecular complexity index is 1180. The standard InChI is InChI=1S/C28H34N6O2/c1-33-13-15-34(16-14-33)12-3-6-26(35)32-23-5-2-4-21(18-23)19-30-28-24-9-17-36-27(24)25(20-31-28)22-7-10-29-11-8-22/h2,4-5,7-8,10-11,18,20H,3,6,9,12-17,19H2,1H3,(H,30,31)(H,32,35). The largest absolute Gasteiger partial charge is 0.492 e. The minimum atomic E-state index is 0.0672. The van der Waals surface area contributed by atoms with Gasteiger partial charge in [-0.25, -0.2) is 4.98 Å². The van der Waals surface area contributed by atoms with Gasteiger partial charge in [0, 0.05) is 81.0 Å². The second-order valence-electron chi connectivity index (χ2n) is 9.51. The molecule has 2 aliphatic rings. The third-order valence-corrected chi connectivity index (χ3v) is 6.86. The van der Waals surface area contributed by atoms with Crippen molar-refractivity contribution in [2.75, 3.05) is 57.0 Å². The van der Waals surface area contributed by atoms with E-state index in [1.165, 1.54) is 0 Å². The molecule has 0 radical (unpaired) electrons. The Kier molecular flexibility index (Phi) is 7.73. The molecule has 5 rings (SSSR count). The Morgan fingerprint density at radius 2 is 1.94 bits per heavy atom. The predicted molar refractivity (Wildman–Crippen MR) is 142 cm³/mol. The summed E-state index contributed by atoms with van der Waals surface area (Å²) in [5.41, 5.74) is 5.06. The molecule has 188 valence electrons. The van der Waals surface area contributed by atoms with Crippen LogP contribution in [-0.2, 0) is 17.8 Å². The number of hydrogen-bond acceptors (Lipinski definition) is 7. The number of likely N-dealkylation sites (N-methyl/N-ethyl adjacent to an activating group) is 1. The third-order valence-electron chi connectivity index (χ3n) is 6.86. The molecule has 0 spiro atoms. The number of nitrogens with one attached hydrogen (secondary N) is 2. The summed E-state index contributed by atoms with van der Waals surface area (Å²) in [7, 11) is 2.16. The lowest BCUT2D eigenvalue weighted by Crippen LogP contribution is -2.44. The van der Waals surface area contributed by atoms with E-state index in [-0.39, 0.29) is 5.91 Å². The van der Waals surface area contributed by atoms with Crippen LogP contribution in [0.25, 0.3) is 11.1 Å². The molecule has 8 nitrogen and oxygen atoms in total. The van der Waals surface area contributed by atoms with Gasteiger partial charge in [0.1, 0.15) is 11.6 Å². The lowest BCUT2D eigenvalue weighted by molar-refractivity contribution is -0.116. The third kappa shape index (κ3) is 6.01. The first kappa shape index (κ1) is 24.2. The van der Waals surface area contributed by atoms with Crippen molar-refractivity contribution in [3.63, 3.8) is 0 Å². The molecule has 1 fully saturated rings. The summed E-state index contributed by atoms with van der Waals surface area (Å²) in [5, 5.41) is 6.53. The number of hydrogen-bond donors (Lipinski definition) is 2. The van der Waals surface area contributed by atoms with Gasteiger partial charge < -0.3 is 25.2 Å². The summed E-state index contributed by atoms with van der Waals surface area (Å²) in [4.78, 5) is 26.1. The van der Waals surface area contributed by atoms with Crippen LogP contribution in [0, 0.1) is 0 Å². The van der Waals surface area contributed by atoms with Crippen molar-refractivity contribution in [2.24, 2.45) is 0 Å². The van der Waals surface area contributed by atoms with Gasteiger partial charge in [-0.15, -0.1) is 0 Å². The molecular weight excluding hydrogens is 452 g/mol. The highest BCUT2D eigenvalue weighted by Crippen LogP contribution is 2.39. The minimum Gasteiger partial charge on any atom is -0.492 e. The average Bonchev–Trinajstić information content (AvgIpc) is 3.40. The van der Waals surface area contributed by atoms with E-state index in [0.717, 1.165) is 85.1 Å². The van der Waals surface area contributed by atoms with Crippen LogP contribution < -0.4 is 15.4 Å². The SMILES string of the molecule is CN1CCN(CCCC(=O)Nc2cccc(CNc3ncc(-c4ccncc4)c4c3CCO4)c2)CC1. The van der Waals surface area contributed by atoms with Crippen molar-refractivity contribution >= 4 is 17.4 Å². The molecule has 0 saturated carbocycles. The quantitative estimate of drug-likeness (QED) is 0.478. The Balaban J connectivity index is 1.15. The van der Waals surface area contributed by atoms with Crippen LogP contribution in [0.15, 0.2) is 55.0 Å². The topological polar surface area (TPSA) is 82.6 Å². The number of carbonyl (C=O) groups excluding carboxylic acids is 1. The maximum Gasteiger partial charge on any atom is 0.224 e. The van der Waals surface area contributed by atoms with Crippen molar-refractivity contribution in [3.05, 3.63) is 66.1 Å². The lowest BCUT2D eigenvalue weighted by Gasteiger charge is -2.32. The van der Waals surface area contributed by atoms with E-state index in [2.05, 4.69) is 38.5 Å². The molecule has 2 N–H and O–H groups in total. The zero-order chi connectivity index (χ0) is 24.7. The second-order valence-corrected chi connectivity index (χ2v) is 9.51. The minimum absolute atomic E-state index is 0.0672. The van der Waals surface area contributed by atoms with E-state index in [1.807, 2.05) is 36.5 Å². The van der Waals surface area contributed by atoms with E-state index < -0.39 is 0 Å². The molecule has 1 saturated heterocycles. The van der Waals surface area contributed by atoms with Gasteiger partial charge in [0.25, 0.3) is 0 Å². The highest BCUT2D eigenvalue weighted by Gasteiger charge is 2.22. The summed E-state index contributed by atoms with van der Waals surface area (Å²) < 4.78 is 5.96. The van der Waals surface area contributed by atoms with Crippen LogP contribution in [0.3, 0.4) is 0 Å². The molecule has 1 aromatic carbocycles. The van der Waals surface area contributed by atoms with Crippen molar-refractivity contribution in [2.45, 2.75) is 25.8 Å². The number of nitrogens with zero attached hydrogens (tertiary/aromatic N) is 4. The lowest BCUT2D eigenvalue weighted by atomic mass is 10.0. The van der Waals surface area contributed by atoms with Gasteiger partial charge in [-0.05, 0) is 55.4 Å². The predicted octanol–water partition coefficient (Wildman–Crippen LogP) is 3.66. The number of piperazine rings is 1. The molecule has 2 aliphatic heterocycles. The van der Waals surface area contributed by atoms with E-state index in [9.17, 15) is 4.79 Å². The first-order valence-electron chi connectivity index (χ1n) is 12.7. The van der Waals surface area contributed by atoms with Crippen LogP contribution in [0.4, 0.5) is 11.5 Å². The number of amides is 1. The molecule has 4 heterocycles. The van der Waals surface area contributed by atoms with Crippen molar-refractivity contribution in [1.82, 2.24) is 19.8 Å². The number of pyridine rings is 2. The Morgan fingerprint density at radius 1 is 1.11 bits per heavy atom. The fourth-order valence-electron chi connectivity index (χ4n) is 4.78. The summed E-state index contributed by atoms with van der Waals surface area (Å²) in [6.45, 7) is 6.63. The highest BCUT2D eigenvalue weighted by atomic mass is 16.5. The molecule has 2 aromatic heterocycles. The number of rotatable bonds is 9. The fourth-order valence-corrected chi connectivity index (χ4v) is 4.78. The molecule has 36 heavy (non-hydrogen) atoms. The zero-order valence-corrected chi connectivity index (χ0v) is 20.9. The second kappa shape index (κ2) is 11.5. The van der Waals surface area contributed by atoms with Gasteiger partial charge in [0.05, 0.1) is 6.61 Å². The molecule has 3 aromatic rings. The van der Waals surface area contributed by atoms with Gasteiger partial charge in [-0.3, -0.25) is 9.78 Å². The molecule has 0 aliphatic carbocycles. The smallest absolute Gasteiger partial charge is 0.224 e. The summed E-state index contributed by atoms with van der Waals surface area (Å²) >= 11 is 0. The highest BCUT2D eigenvalue weighted by molar-refractivity contribution is 5.90. The van der Waals surface area contributed by atoms with Crippen molar-refractivity contribution in [3.8, 4) is 16.9 Å². The number of anilines is 2.